The number of hydrogen-bond donors (Lipinski definition) is 1. The standard InChI is InChI=1S/C17H14ClN3O4S/c1-26(24,25)14-4-2-3-12(9-14)20-16(22)15-10-19-21(17(15)23)13-7-5-11(18)6-8-13/h2-10,15H,1H3,(H,20,22). The minimum atomic E-state index is -3.40. The molecule has 2 aromatic carbocycles. The Labute approximate surface area is 155 Å². The number of amides is 2. The highest BCUT2D eigenvalue weighted by molar-refractivity contribution is 7.90. The molecule has 0 saturated carbocycles. The number of carbonyl (C=O) groups excluding carboxylic acids is 2. The molecule has 0 fully saturated rings. The molecule has 1 unspecified atom stereocenters. The van der Waals surface area contributed by atoms with Crippen LogP contribution in [0.5, 0.6) is 0 Å². The van der Waals surface area contributed by atoms with Crippen molar-refractivity contribution in [3.63, 3.8) is 0 Å². The van der Waals surface area contributed by atoms with Crippen molar-refractivity contribution in [1.82, 2.24) is 0 Å². The van der Waals surface area contributed by atoms with Gasteiger partial charge in [-0.2, -0.15) is 5.10 Å². The molecule has 134 valence electrons. The monoisotopic (exact) mass is 391 g/mol. The van der Waals surface area contributed by atoms with Gasteiger partial charge in [0.2, 0.25) is 5.91 Å². The Morgan fingerprint density at radius 1 is 1.19 bits per heavy atom. The van der Waals surface area contributed by atoms with Crippen LogP contribution in [0.4, 0.5) is 11.4 Å². The summed E-state index contributed by atoms with van der Waals surface area (Å²) in [6, 6.07) is 12.3. The molecular formula is C17H14ClN3O4S. The second-order valence-corrected chi connectivity index (χ2v) is 8.11. The first kappa shape index (κ1) is 18.1. The molecule has 0 saturated heterocycles. The SMILES string of the molecule is CS(=O)(=O)c1cccc(NC(=O)C2C=NN(c3ccc(Cl)cc3)C2=O)c1. The molecule has 1 heterocycles. The molecule has 0 spiro atoms. The Bertz CT molecular complexity index is 1000. The number of rotatable bonds is 4. The highest BCUT2D eigenvalue weighted by Crippen LogP contribution is 2.24. The number of halogens is 1. The van der Waals surface area contributed by atoms with Gasteiger partial charge in [0, 0.05) is 23.2 Å². The summed E-state index contributed by atoms with van der Waals surface area (Å²) in [5.74, 6) is -2.21. The number of carbonyl (C=O) groups is 2. The van der Waals surface area contributed by atoms with Crippen LogP contribution in [-0.2, 0) is 19.4 Å². The van der Waals surface area contributed by atoms with Crippen LogP contribution in [-0.4, -0.2) is 32.7 Å². The lowest BCUT2D eigenvalue weighted by Gasteiger charge is -2.14. The predicted octanol–water partition coefficient (Wildman–Crippen LogP) is 2.33. The van der Waals surface area contributed by atoms with Gasteiger partial charge in [0.05, 0.1) is 10.6 Å². The molecule has 1 aliphatic heterocycles. The van der Waals surface area contributed by atoms with Gasteiger partial charge in [0.25, 0.3) is 5.91 Å². The zero-order valence-corrected chi connectivity index (χ0v) is 15.2. The maximum absolute atomic E-state index is 12.5. The van der Waals surface area contributed by atoms with Gasteiger partial charge in [-0.3, -0.25) is 9.59 Å². The van der Waals surface area contributed by atoms with E-state index >= 15 is 0 Å². The number of sulfone groups is 1. The molecule has 1 atom stereocenters. The van der Waals surface area contributed by atoms with Crippen molar-refractivity contribution in [2.45, 2.75) is 4.90 Å². The number of hydrogen-bond acceptors (Lipinski definition) is 5. The smallest absolute Gasteiger partial charge is 0.265 e. The number of nitrogens with zero attached hydrogens (tertiary/aromatic N) is 2. The largest absolute Gasteiger partial charge is 0.325 e. The Morgan fingerprint density at radius 3 is 2.54 bits per heavy atom. The Morgan fingerprint density at radius 2 is 1.88 bits per heavy atom. The molecule has 0 aliphatic carbocycles. The predicted molar refractivity (Wildman–Crippen MR) is 99.1 cm³/mol. The van der Waals surface area contributed by atoms with Crippen molar-refractivity contribution in [3.8, 4) is 0 Å². The molecule has 3 rings (SSSR count). The van der Waals surface area contributed by atoms with Gasteiger partial charge in [0.15, 0.2) is 15.8 Å². The molecule has 1 aliphatic rings. The zero-order chi connectivity index (χ0) is 18.9. The van der Waals surface area contributed by atoms with E-state index in [1.54, 1.807) is 30.3 Å². The van der Waals surface area contributed by atoms with Crippen LogP contribution in [0, 0.1) is 5.92 Å². The third kappa shape index (κ3) is 3.76. The first-order valence-electron chi connectivity index (χ1n) is 7.50. The number of hydrazone groups is 1. The fourth-order valence-electron chi connectivity index (χ4n) is 2.37. The summed E-state index contributed by atoms with van der Waals surface area (Å²) in [7, 11) is -3.40. The van der Waals surface area contributed by atoms with Crippen molar-refractivity contribution in [2.75, 3.05) is 16.6 Å². The minimum Gasteiger partial charge on any atom is -0.325 e. The second-order valence-electron chi connectivity index (χ2n) is 5.66. The zero-order valence-electron chi connectivity index (χ0n) is 13.6. The van der Waals surface area contributed by atoms with Crippen molar-refractivity contribution in [2.24, 2.45) is 11.0 Å². The summed E-state index contributed by atoms with van der Waals surface area (Å²) < 4.78 is 23.2. The molecule has 0 aromatic heterocycles. The van der Waals surface area contributed by atoms with E-state index in [0.29, 0.717) is 10.7 Å². The maximum Gasteiger partial charge on any atom is 0.265 e. The molecule has 9 heteroatoms. The van der Waals surface area contributed by atoms with Crippen LogP contribution < -0.4 is 10.3 Å². The highest BCUT2D eigenvalue weighted by Gasteiger charge is 2.35. The van der Waals surface area contributed by atoms with E-state index in [1.165, 1.54) is 24.4 Å². The van der Waals surface area contributed by atoms with Crippen LogP contribution in [0.2, 0.25) is 5.02 Å². The van der Waals surface area contributed by atoms with Gasteiger partial charge in [-0.25, -0.2) is 13.4 Å². The Kier molecular flexibility index (Phi) is 4.80. The van der Waals surface area contributed by atoms with Crippen LogP contribution in [0.15, 0.2) is 58.5 Å². The van der Waals surface area contributed by atoms with E-state index in [2.05, 4.69) is 10.4 Å². The summed E-state index contributed by atoms with van der Waals surface area (Å²) in [5, 5.41) is 8.16. The first-order valence-corrected chi connectivity index (χ1v) is 9.77. The first-order chi connectivity index (χ1) is 12.3. The third-order valence-electron chi connectivity index (χ3n) is 3.69. The molecule has 2 amide bonds. The van der Waals surface area contributed by atoms with E-state index in [9.17, 15) is 18.0 Å². The summed E-state index contributed by atoms with van der Waals surface area (Å²) in [4.78, 5) is 24.9. The Hall–Kier alpha value is -2.71. The van der Waals surface area contributed by atoms with Crippen LogP contribution in [0.1, 0.15) is 0 Å². The molecule has 0 bridgehead atoms. The van der Waals surface area contributed by atoms with Gasteiger partial charge in [-0.1, -0.05) is 17.7 Å². The molecule has 0 radical (unpaired) electrons. The van der Waals surface area contributed by atoms with Crippen LogP contribution >= 0.6 is 11.6 Å². The van der Waals surface area contributed by atoms with Crippen molar-refractivity contribution in [1.29, 1.82) is 0 Å². The van der Waals surface area contributed by atoms with Gasteiger partial charge in [0.1, 0.15) is 0 Å². The summed E-state index contributed by atoms with van der Waals surface area (Å²) in [6.45, 7) is 0. The normalized spacial score (nSPS) is 16.8. The van der Waals surface area contributed by atoms with Gasteiger partial charge in [-0.05, 0) is 42.5 Å². The molecule has 2 aromatic rings. The van der Waals surface area contributed by atoms with E-state index in [0.717, 1.165) is 11.3 Å². The maximum atomic E-state index is 12.5. The molecule has 7 nitrogen and oxygen atoms in total. The van der Waals surface area contributed by atoms with Gasteiger partial charge < -0.3 is 5.32 Å². The van der Waals surface area contributed by atoms with E-state index < -0.39 is 27.6 Å². The minimum absolute atomic E-state index is 0.0736. The number of nitrogens with one attached hydrogen (secondary N) is 1. The second kappa shape index (κ2) is 6.89. The van der Waals surface area contributed by atoms with Crippen molar-refractivity contribution >= 4 is 50.8 Å². The van der Waals surface area contributed by atoms with Crippen LogP contribution in [0.3, 0.4) is 0 Å². The molecular weight excluding hydrogens is 378 g/mol. The van der Waals surface area contributed by atoms with E-state index in [-0.39, 0.29) is 10.6 Å². The van der Waals surface area contributed by atoms with E-state index in [4.69, 9.17) is 11.6 Å². The Balaban J connectivity index is 1.75. The fraction of sp³-hybridized carbons (Fsp3) is 0.118. The summed E-state index contributed by atoms with van der Waals surface area (Å²) in [5.41, 5.74) is 0.772. The topological polar surface area (TPSA) is 95.9 Å². The van der Waals surface area contributed by atoms with Crippen molar-refractivity contribution in [3.05, 3.63) is 53.6 Å². The lowest BCUT2D eigenvalue weighted by atomic mass is 10.1. The average Bonchev–Trinajstić information content (AvgIpc) is 2.97. The third-order valence-corrected chi connectivity index (χ3v) is 5.05. The number of anilines is 2. The summed E-state index contributed by atoms with van der Waals surface area (Å²) >= 11 is 5.82. The van der Waals surface area contributed by atoms with Gasteiger partial charge in [-0.15, -0.1) is 0 Å². The number of benzene rings is 2. The van der Waals surface area contributed by atoms with Gasteiger partial charge >= 0.3 is 0 Å². The molecule has 26 heavy (non-hydrogen) atoms. The fourth-order valence-corrected chi connectivity index (χ4v) is 3.16. The van der Waals surface area contributed by atoms with Crippen molar-refractivity contribution < 1.29 is 18.0 Å². The highest BCUT2D eigenvalue weighted by atomic mass is 35.5. The van der Waals surface area contributed by atoms with Crippen LogP contribution in [0.25, 0.3) is 0 Å². The summed E-state index contributed by atoms with van der Waals surface area (Å²) in [6.07, 6.45) is 2.32. The average molecular weight is 392 g/mol. The molecule has 1 N–H and O–H groups in total. The van der Waals surface area contributed by atoms with E-state index in [1.807, 2.05) is 0 Å². The quantitative estimate of drug-likeness (QED) is 0.809. The lowest BCUT2D eigenvalue weighted by molar-refractivity contribution is -0.127. The lowest BCUT2D eigenvalue weighted by Crippen LogP contribution is -2.34.